The number of hydrogen-bond donors (Lipinski definition) is 2. The highest BCUT2D eigenvalue weighted by molar-refractivity contribution is 7.85. The van der Waals surface area contributed by atoms with E-state index in [-0.39, 0.29) is 6.61 Å². The minimum atomic E-state index is -4.02. The molecule has 1 unspecified atom stereocenters. The van der Waals surface area contributed by atoms with E-state index in [2.05, 4.69) is 0 Å². The van der Waals surface area contributed by atoms with Crippen molar-refractivity contribution in [3.8, 4) is 0 Å². The van der Waals surface area contributed by atoms with Crippen LogP contribution in [0.2, 0.25) is 0 Å². The van der Waals surface area contributed by atoms with Crippen molar-refractivity contribution in [1.82, 2.24) is 0 Å². The minimum Gasteiger partial charge on any atom is -0.375 e. The molecule has 0 spiro atoms. The summed E-state index contributed by atoms with van der Waals surface area (Å²) in [5, 5.41) is 0. The maximum atomic E-state index is 10.5. The molecule has 16 heavy (non-hydrogen) atoms. The average Bonchev–Trinajstić information content (AvgIpc) is 2.16. The van der Waals surface area contributed by atoms with E-state index in [1.807, 2.05) is 30.3 Å². The lowest BCUT2D eigenvalue weighted by molar-refractivity contribution is 0.111. The first-order chi connectivity index (χ1) is 7.47. The van der Waals surface area contributed by atoms with Gasteiger partial charge in [0.15, 0.2) is 0 Å². The van der Waals surface area contributed by atoms with E-state index in [0.29, 0.717) is 6.61 Å². The fourth-order valence-electron chi connectivity index (χ4n) is 1.22. The van der Waals surface area contributed by atoms with E-state index >= 15 is 0 Å². The molecule has 1 aromatic carbocycles. The zero-order chi connectivity index (χ0) is 12.0. The molecule has 0 aromatic heterocycles. The molecule has 0 heterocycles. The Labute approximate surface area is 95.0 Å². The lowest BCUT2D eigenvalue weighted by Crippen LogP contribution is -2.33. The molecule has 1 atom stereocenters. The average molecular weight is 245 g/mol. The number of benzene rings is 1. The quantitative estimate of drug-likeness (QED) is 0.709. The molecule has 0 radical (unpaired) electrons. The highest BCUT2D eigenvalue weighted by Crippen LogP contribution is 2.01. The fraction of sp³-hybridized carbons (Fsp3) is 0.400. The molecule has 3 N–H and O–H groups in total. The van der Waals surface area contributed by atoms with Crippen LogP contribution < -0.4 is 5.73 Å². The number of nitrogens with two attached hydrogens (primary N) is 1. The van der Waals surface area contributed by atoms with Crippen molar-refractivity contribution in [2.24, 2.45) is 5.73 Å². The highest BCUT2D eigenvalue weighted by Gasteiger charge is 2.12. The summed E-state index contributed by atoms with van der Waals surface area (Å²) in [6.07, 6.45) is 0. The molecule has 5 nitrogen and oxygen atoms in total. The first kappa shape index (κ1) is 13.1. The van der Waals surface area contributed by atoms with Gasteiger partial charge in [0.25, 0.3) is 10.1 Å². The van der Waals surface area contributed by atoms with Gasteiger partial charge in [0.1, 0.15) is 0 Å². The summed E-state index contributed by atoms with van der Waals surface area (Å²) in [6.45, 7) is 0.467. The predicted octanol–water partition coefficient (Wildman–Crippen LogP) is 0.418. The van der Waals surface area contributed by atoms with Gasteiger partial charge in [-0.2, -0.15) is 8.42 Å². The van der Waals surface area contributed by atoms with Gasteiger partial charge >= 0.3 is 0 Å². The Hall–Kier alpha value is -0.950. The molecule has 0 fully saturated rings. The van der Waals surface area contributed by atoms with Gasteiger partial charge in [0.2, 0.25) is 0 Å². The van der Waals surface area contributed by atoms with Crippen molar-refractivity contribution in [3.63, 3.8) is 0 Å². The van der Waals surface area contributed by atoms with Crippen LogP contribution in [-0.2, 0) is 21.5 Å². The highest BCUT2D eigenvalue weighted by atomic mass is 32.2. The number of ether oxygens (including phenoxy) is 1. The summed E-state index contributed by atoms with van der Waals surface area (Å²) >= 11 is 0. The van der Waals surface area contributed by atoms with E-state index in [4.69, 9.17) is 15.0 Å². The van der Waals surface area contributed by atoms with Crippen LogP contribution in [-0.4, -0.2) is 31.4 Å². The van der Waals surface area contributed by atoms with Crippen LogP contribution in [0.1, 0.15) is 5.56 Å². The van der Waals surface area contributed by atoms with Gasteiger partial charge in [-0.05, 0) is 5.56 Å². The maximum Gasteiger partial charge on any atom is 0.266 e. The smallest absolute Gasteiger partial charge is 0.266 e. The molecule has 1 aromatic rings. The van der Waals surface area contributed by atoms with Gasteiger partial charge in [0, 0.05) is 6.04 Å². The van der Waals surface area contributed by atoms with Gasteiger partial charge < -0.3 is 10.5 Å². The van der Waals surface area contributed by atoms with Crippen molar-refractivity contribution < 1.29 is 17.7 Å². The standard InChI is InChI=1S/C10H15NO4S/c11-10(8-16(12,13)14)7-15-6-9-4-2-1-3-5-9/h1-5,10H,6-8,11H2,(H,12,13,14). The zero-order valence-electron chi connectivity index (χ0n) is 8.74. The van der Waals surface area contributed by atoms with E-state index in [9.17, 15) is 8.42 Å². The third-order valence-electron chi connectivity index (χ3n) is 1.87. The third-order valence-corrected chi connectivity index (χ3v) is 2.72. The van der Waals surface area contributed by atoms with Gasteiger partial charge in [-0.3, -0.25) is 4.55 Å². The van der Waals surface area contributed by atoms with Crippen molar-refractivity contribution in [3.05, 3.63) is 35.9 Å². The van der Waals surface area contributed by atoms with E-state index < -0.39 is 21.9 Å². The molecular formula is C10H15NO4S. The summed E-state index contributed by atoms with van der Waals surface area (Å²) < 4.78 is 34.8. The molecule has 0 bridgehead atoms. The van der Waals surface area contributed by atoms with Crippen molar-refractivity contribution in [2.75, 3.05) is 12.4 Å². The summed E-state index contributed by atoms with van der Waals surface area (Å²) in [7, 11) is -4.02. The molecule has 0 saturated carbocycles. The Kier molecular flexibility index (Phi) is 4.88. The van der Waals surface area contributed by atoms with Gasteiger partial charge in [0.05, 0.1) is 19.0 Å². The molecule has 0 aliphatic heterocycles. The van der Waals surface area contributed by atoms with Crippen LogP contribution >= 0.6 is 0 Å². The van der Waals surface area contributed by atoms with Gasteiger partial charge in [-0.25, -0.2) is 0 Å². The second-order valence-corrected chi connectivity index (χ2v) is 5.01. The van der Waals surface area contributed by atoms with Crippen LogP contribution in [0.5, 0.6) is 0 Å². The van der Waals surface area contributed by atoms with Crippen LogP contribution in [0, 0.1) is 0 Å². The molecule has 0 amide bonds. The van der Waals surface area contributed by atoms with E-state index in [0.717, 1.165) is 5.56 Å². The van der Waals surface area contributed by atoms with E-state index in [1.54, 1.807) is 0 Å². The maximum absolute atomic E-state index is 10.5. The molecular weight excluding hydrogens is 230 g/mol. The molecule has 6 heteroatoms. The molecule has 1 rings (SSSR count). The Balaban J connectivity index is 2.26. The Morgan fingerprint density at radius 1 is 1.31 bits per heavy atom. The first-order valence-electron chi connectivity index (χ1n) is 4.80. The lowest BCUT2D eigenvalue weighted by atomic mass is 10.2. The Morgan fingerprint density at radius 3 is 2.50 bits per heavy atom. The largest absolute Gasteiger partial charge is 0.375 e. The van der Waals surface area contributed by atoms with Crippen molar-refractivity contribution >= 4 is 10.1 Å². The third kappa shape index (κ3) is 5.82. The van der Waals surface area contributed by atoms with Gasteiger partial charge in [-0.15, -0.1) is 0 Å². The van der Waals surface area contributed by atoms with Crippen LogP contribution in [0.3, 0.4) is 0 Å². The van der Waals surface area contributed by atoms with Crippen LogP contribution in [0.15, 0.2) is 30.3 Å². The van der Waals surface area contributed by atoms with Gasteiger partial charge in [-0.1, -0.05) is 30.3 Å². The van der Waals surface area contributed by atoms with E-state index in [1.165, 1.54) is 0 Å². The molecule has 0 saturated heterocycles. The monoisotopic (exact) mass is 245 g/mol. The normalized spacial score (nSPS) is 13.6. The summed E-state index contributed by atoms with van der Waals surface area (Å²) in [4.78, 5) is 0. The van der Waals surface area contributed by atoms with Crippen molar-refractivity contribution in [2.45, 2.75) is 12.6 Å². The number of hydrogen-bond acceptors (Lipinski definition) is 4. The molecule has 0 aliphatic carbocycles. The summed E-state index contributed by atoms with van der Waals surface area (Å²) in [5.41, 5.74) is 6.45. The first-order valence-corrected chi connectivity index (χ1v) is 6.41. The predicted molar refractivity (Wildman–Crippen MR) is 60.5 cm³/mol. The topological polar surface area (TPSA) is 89.6 Å². The number of rotatable bonds is 6. The second kappa shape index (κ2) is 5.95. The fourth-order valence-corrected chi connectivity index (χ4v) is 1.86. The summed E-state index contributed by atoms with van der Waals surface area (Å²) in [5.74, 6) is -0.484. The van der Waals surface area contributed by atoms with Crippen LogP contribution in [0.25, 0.3) is 0 Å². The SMILES string of the molecule is NC(COCc1ccccc1)CS(=O)(=O)O. The molecule has 90 valence electrons. The Bertz CT molecular complexity index is 404. The Morgan fingerprint density at radius 2 is 1.94 bits per heavy atom. The second-order valence-electron chi connectivity index (χ2n) is 3.51. The molecule has 0 aliphatic rings. The zero-order valence-corrected chi connectivity index (χ0v) is 9.56. The summed E-state index contributed by atoms with van der Waals surface area (Å²) in [6, 6.07) is 8.75. The van der Waals surface area contributed by atoms with Crippen molar-refractivity contribution in [1.29, 1.82) is 0 Å². The van der Waals surface area contributed by atoms with Crippen LogP contribution in [0.4, 0.5) is 0 Å². The lowest BCUT2D eigenvalue weighted by Gasteiger charge is -2.10. The minimum absolute atomic E-state index is 0.0919.